The Morgan fingerprint density at radius 1 is 1.44 bits per heavy atom. The molecule has 82 valence electrons. The predicted octanol–water partition coefficient (Wildman–Crippen LogP) is 4.29. The fourth-order valence-corrected chi connectivity index (χ4v) is 2.50. The summed E-state index contributed by atoms with van der Waals surface area (Å²) in [6.45, 7) is 0. The number of hydrogen-bond acceptors (Lipinski definition) is 2. The summed E-state index contributed by atoms with van der Waals surface area (Å²) in [5.74, 6) is 1.65. The third-order valence-corrected chi connectivity index (χ3v) is 3.32. The molecule has 1 aliphatic heterocycles. The van der Waals surface area contributed by atoms with Gasteiger partial charge in [-0.15, -0.1) is 0 Å². The van der Waals surface area contributed by atoms with Crippen LogP contribution in [0.5, 0.6) is 0 Å². The number of halogens is 1. The highest BCUT2D eigenvalue weighted by atomic mass is 32.2. The maximum atomic E-state index is 13.7. The van der Waals surface area contributed by atoms with Crippen molar-refractivity contribution >= 4 is 23.0 Å². The van der Waals surface area contributed by atoms with E-state index in [0.717, 1.165) is 23.5 Å². The fourth-order valence-electron chi connectivity index (χ4n) is 1.65. The molecule has 1 aliphatic rings. The van der Waals surface area contributed by atoms with Gasteiger partial charge in [0.1, 0.15) is 5.82 Å². The number of allylic oxidation sites excluding steroid dienone is 1. The Kier molecular flexibility index (Phi) is 3.49. The molecule has 0 fully saturated rings. The molecular formula is C11H10FN3S. The van der Waals surface area contributed by atoms with Crippen molar-refractivity contribution in [2.45, 2.75) is 6.42 Å². The average Bonchev–Trinajstić information content (AvgIpc) is 2.31. The summed E-state index contributed by atoms with van der Waals surface area (Å²) < 4.78 is 13.7. The van der Waals surface area contributed by atoms with Gasteiger partial charge in [0.15, 0.2) is 0 Å². The second kappa shape index (κ2) is 5.05. The highest BCUT2D eigenvalue weighted by molar-refractivity contribution is 7.99. The molecule has 16 heavy (non-hydrogen) atoms. The van der Waals surface area contributed by atoms with E-state index in [1.807, 2.05) is 11.8 Å². The van der Waals surface area contributed by atoms with Crippen molar-refractivity contribution in [1.29, 1.82) is 0 Å². The van der Waals surface area contributed by atoms with Gasteiger partial charge in [-0.2, -0.15) is 11.8 Å². The normalized spacial score (nSPS) is 15.2. The molecule has 0 unspecified atom stereocenters. The summed E-state index contributed by atoms with van der Waals surface area (Å²) in [5.41, 5.74) is 10.2. The van der Waals surface area contributed by atoms with Crippen molar-refractivity contribution < 1.29 is 4.39 Å². The monoisotopic (exact) mass is 235 g/mol. The van der Waals surface area contributed by atoms with Crippen LogP contribution in [0.15, 0.2) is 29.4 Å². The SMILES string of the molecule is [N-]=[N+]=Nc1ccc(C2=CCSCC2)c(F)c1. The van der Waals surface area contributed by atoms with Crippen molar-refractivity contribution in [1.82, 2.24) is 0 Å². The maximum Gasteiger partial charge on any atom is 0.131 e. The second-order valence-corrected chi connectivity index (χ2v) is 4.56. The summed E-state index contributed by atoms with van der Waals surface area (Å²) >= 11 is 1.85. The highest BCUT2D eigenvalue weighted by Gasteiger charge is 2.10. The number of azide groups is 1. The van der Waals surface area contributed by atoms with Gasteiger partial charge < -0.3 is 0 Å². The first-order valence-corrected chi connectivity index (χ1v) is 6.08. The standard InChI is InChI=1S/C11H10FN3S/c12-11-7-9(14-15-13)1-2-10(11)8-3-5-16-6-4-8/h1-3,7H,4-6H2. The molecule has 3 nitrogen and oxygen atoms in total. The van der Waals surface area contributed by atoms with Crippen LogP contribution in [-0.4, -0.2) is 11.5 Å². The van der Waals surface area contributed by atoms with Gasteiger partial charge in [0.2, 0.25) is 0 Å². The van der Waals surface area contributed by atoms with Crippen molar-refractivity contribution in [3.05, 3.63) is 46.1 Å². The Labute approximate surface area is 97.0 Å². The Bertz CT molecular complexity index is 478. The second-order valence-electron chi connectivity index (χ2n) is 3.41. The molecule has 0 aromatic heterocycles. The van der Waals surface area contributed by atoms with Crippen LogP contribution in [0.4, 0.5) is 10.1 Å². The molecule has 1 aromatic rings. The number of thioether (sulfide) groups is 1. The van der Waals surface area contributed by atoms with E-state index < -0.39 is 0 Å². The van der Waals surface area contributed by atoms with Gasteiger partial charge in [0.25, 0.3) is 0 Å². The van der Waals surface area contributed by atoms with Crippen molar-refractivity contribution in [2.24, 2.45) is 5.11 Å². The zero-order valence-corrected chi connectivity index (χ0v) is 9.38. The van der Waals surface area contributed by atoms with Gasteiger partial charge in [-0.25, -0.2) is 4.39 Å². The van der Waals surface area contributed by atoms with E-state index in [0.29, 0.717) is 11.3 Å². The quantitative estimate of drug-likeness (QED) is 0.428. The smallest absolute Gasteiger partial charge is 0.131 e. The molecule has 0 radical (unpaired) electrons. The molecular weight excluding hydrogens is 225 g/mol. The van der Waals surface area contributed by atoms with Crippen LogP contribution >= 0.6 is 11.8 Å². The van der Waals surface area contributed by atoms with E-state index >= 15 is 0 Å². The van der Waals surface area contributed by atoms with Crippen molar-refractivity contribution in [3.63, 3.8) is 0 Å². The van der Waals surface area contributed by atoms with Crippen LogP contribution in [0.1, 0.15) is 12.0 Å². The zero-order valence-electron chi connectivity index (χ0n) is 8.56. The van der Waals surface area contributed by atoms with Gasteiger partial charge in [-0.05, 0) is 29.3 Å². The Balaban J connectivity index is 2.35. The van der Waals surface area contributed by atoms with Gasteiger partial charge in [-0.1, -0.05) is 23.3 Å². The van der Waals surface area contributed by atoms with Crippen LogP contribution in [-0.2, 0) is 0 Å². The third kappa shape index (κ3) is 2.38. The molecule has 0 spiro atoms. The third-order valence-electron chi connectivity index (χ3n) is 2.42. The first-order chi connectivity index (χ1) is 7.81. The van der Waals surface area contributed by atoms with Crippen LogP contribution in [0, 0.1) is 5.82 Å². The minimum absolute atomic E-state index is 0.314. The summed E-state index contributed by atoms with van der Waals surface area (Å²) in [6, 6.07) is 4.60. The van der Waals surface area contributed by atoms with E-state index in [4.69, 9.17) is 5.53 Å². The number of benzene rings is 1. The molecule has 1 aromatic carbocycles. The fraction of sp³-hybridized carbons (Fsp3) is 0.273. The summed E-state index contributed by atoms with van der Waals surface area (Å²) in [4.78, 5) is 2.63. The first-order valence-electron chi connectivity index (χ1n) is 4.93. The molecule has 2 rings (SSSR count). The number of rotatable bonds is 2. The average molecular weight is 235 g/mol. The molecule has 0 atom stereocenters. The van der Waals surface area contributed by atoms with Gasteiger partial charge in [0.05, 0.1) is 0 Å². The van der Waals surface area contributed by atoms with E-state index in [9.17, 15) is 4.39 Å². The molecule has 0 saturated carbocycles. The molecule has 1 heterocycles. The van der Waals surface area contributed by atoms with Gasteiger partial charge in [0, 0.05) is 21.9 Å². The van der Waals surface area contributed by atoms with E-state index in [-0.39, 0.29) is 5.82 Å². The van der Waals surface area contributed by atoms with E-state index in [1.165, 1.54) is 6.07 Å². The lowest BCUT2D eigenvalue weighted by Gasteiger charge is -2.13. The lowest BCUT2D eigenvalue weighted by atomic mass is 10.0. The number of nitrogens with zero attached hydrogens (tertiary/aromatic N) is 3. The first kappa shape index (κ1) is 11.0. The minimum atomic E-state index is -0.317. The largest absolute Gasteiger partial charge is 0.206 e. The van der Waals surface area contributed by atoms with Crippen LogP contribution < -0.4 is 0 Å². The van der Waals surface area contributed by atoms with Crippen LogP contribution in [0.2, 0.25) is 0 Å². The zero-order chi connectivity index (χ0) is 11.4. The number of hydrogen-bond donors (Lipinski definition) is 0. The van der Waals surface area contributed by atoms with Gasteiger partial charge in [-0.3, -0.25) is 0 Å². The highest BCUT2D eigenvalue weighted by Crippen LogP contribution is 2.29. The van der Waals surface area contributed by atoms with Crippen molar-refractivity contribution in [2.75, 3.05) is 11.5 Å². The summed E-state index contributed by atoms with van der Waals surface area (Å²) in [7, 11) is 0. The molecule has 0 bridgehead atoms. The molecule has 0 N–H and O–H groups in total. The lowest BCUT2D eigenvalue weighted by Crippen LogP contribution is -1.97. The topological polar surface area (TPSA) is 48.8 Å². The van der Waals surface area contributed by atoms with E-state index in [1.54, 1.807) is 12.1 Å². The lowest BCUT2D eigenvalue weighted by molar-refractivity contribution is 0.623. The van der Waals surface area contributed by atoms with Crippen molar-refractivity contribution in [3.8, 4) is 0 Å². The maximum absolute atomic E-state index is 13.7. The van der Waals surface area contributed by atoms with Crippen LogP contribution in [0.3, 0.4) is 0 Å². The minimum Gasteiger partial charge on any atom is -0.206 e. The summed E-state index contributed by atoms with van der Waals surface area (Å²) in [5, 5.41) is 3.37. The molecule has 0 aliphatic carbocycles. The molecule has 0 saturated heterocycles. The molecule has 0 amide bonds. The van der Waals surface area contributed by atoms with E-state index in [2.05, 4.69) is 16.1 Å². The Morgan fingerprint density at radius 2 is 2.31 bits per heavy atom. The van der Waals surface area contributed by atoms with Gasteiger partial charge >= 0.3 is 0 Å². The summed E-state index contributed by atoms with van der Waals surface area (Å²) in [6.07, 6.45) is 2.95. The van der Waals surface area contributed by atoms with Crippen LogP contribution in [0.25, 0.3) is 16.0 Å². The Hall–Kier alpha value is -1.45. The predicted molar refractivity (Wildman–Crippen MR) is 65.1 cm³/mol. The Morgan fingerprint density at radius 3 is 2.94 bits per heavy atom. The molecule has 5 heteroatoms.